The number of primary amides is 2. The number of amides is 2. The van der Waals surface area contributed by atoms with Crippen LogP contribution in [0.4, 0.5) is 0 Å². The second-order valence-electron chi connectivity index (χ2n) is 4.58. The fourth-order valence-corrected chi connectivity index (χ4v) is 1.70. The van der Waals surface area contributed by atoms with E-state index in [2.05, 4.69) is 11.9 Å². The fraction of sp³-hybridized carbons (Fsp3) is 0.533. The first-order valence-electron chi connectivity index (χ1n) is 7.03. The Labute approximate surface area is 120 Å². The molecule has 0 aliphatic rings. The third-order valence-corrected chi connectivity index (χ3v) is 2.97. The number of pyridine rings is 1. The van der Waals surface area contributed by atoms with Crippen molar-refractivity contribution >= 4 is 11.8 Å². The first-order valence-corrected chi connectivity index (χ1v) is 7.03. The van der Waals surface area contributed by atoms with Gasteiger partial charge < -0.3 is 11.5 Å². The van der Waals surface area contributed by atoms with Gasteiger partial charge in [-0.15, -0.1) is 0 Å². The Morgan fingerprint density at radius 3 is 2.25 bits per heavy atom. The minimum absolute atomic E-state index is 0.113. The molecule has 0 radical (unpaired) electrons. The summed E-state index contributed by atoms with van der Waals surface area (Å²) in [7, 11) is 0. The van der Waals surface area contributed by atoms with Gasteiger partial charge in [0, 0.05) is 12.1 Å². The Hall–Kier alpha value is -1.91. The minimum Gasteiger partial charge on any atom is -0.369 e. The molecular weight excluding hydrogens is 254 g/mol. The number of carbonyl (C=O) groups excluding carboxylic acids is 2. The lowest BCUT2D eigenvalue weighted by Gasteiger charge is -2.08. The van der Waals surface area contributed by atoms with Gasteiger partial charge >= 0.3 is 0 Å². The van der Waals surface area contributed by atoms with Crippen LogP contribution in [-0.2, 0) is 4.79 Å². The normalized spacial score (nSPS) is 11.1. The summed E-state index contributed by atoms with van der Waals surface area (Å²) in [5.41, 5.74) is 10.4. The van der Waals surface area contributed by atoms with Crippen LogP contribution in [0.25, 0.3) is 0 Å². The maximum absolute atomic E-state index is 10.7. The van der Waals surface area contributed by atoms with Crippen LogP contribution in [0.15, 0.2) is 24.4 Å². The molecule has 0 saturated carbocycles. The Kier molecular flexibility index (Phi) is 9.92. The molecule has 1 heterocycles. The fourth-order valence-electron chi connectivity index (χ4n) is 1.70. The van der Waals surface area contributed by atoms with E-state index in [1.165, 1.54) is 19.0 Å². The molecule has 0 aromatic carbocycles. The summed E-state index contributed by atoms with van der Waals surface area (Å²) in [5.74, 6) is -0.513. The number of aromatic nitrogens is 1. The second-order valence-corrected chi connectivity index (χ2v) is 4.58. The number of hydrogen-bond acceptors (Lipinski definition) is 3. The van der Waals surface area contributed by atoms with Crippen molar-refractivity contribution in [3.63, 3.8) is 0 Å². The van der Waals surface area contributed by atoms with Gasteiger partial charge in [-0.2, -0.15) is 0 Å². The first-order chi connectivity index (χ1) is 9.52. The summed E-state index contributed by atoms with van der Waals surface area (Å²) < 4.78 is 0. The van der Waals surface area contributed by atoms with E-state index in [1.54, 1.807) is 18.2 Å². The van der Waals surface area contributed by atoms with Crippen molar-refractivity contribution < 1.29 is 9.59 Å². The van der Waals surface area contributed by atoms with Crippen LogP contribution >= 0.6 is 0 Å². The second kappa shape index (κ2) is 11.0. The van der Waals surface area contributed by atoms with Gasteiger partial charge in [0.15, 0.2) is 0 Å². The van der Waals surface area contributed by atoms with E-state index in [-0.39, 0.29) is 11.8 Å². The van der Waals surface area contributed by atoms with Crippen molar-refractivity contribution in [1.82, 2.24) is 4.98 Å². The molecule has 5 heteroatoms. The highest BCUT2D eigenvalue weighted by atomic mass is 16.1. The number of rotatable bonds is 7. The molecule has 0 spiro atoms. The largest absolute Gasteiger partial charge is 0.369 e. The van der Waals surface area contributed by atoms with E-state index >= 15 is 0 Å². The van der Waals surface area contributed by atoms with Crippen molar-refractivity contribution in [1.29, 1.82) is 0 Å². The van der Waals surface area contributed by atoms with Crippen LogP contribution in [0.5, 0.6) is 0 Å². The van der Waals surface area contributed by atoms with Gasteiger partial charge in [0.1, 0.15) is 5.69 Å². The van der Waals surface area contributed by atoms with Crippen molar-refractivity contribution in [3.8, 4) is 0 Å². The zero-order valence-electron chi connectivity index (χ0n) is 12.3. The molecule has 5 nitrogen and oxygen atoms in total. The van der Waals surface area contributed by atoms with Gasteiger partial charge in [0.2, 0.25) is 5.91 Å². The van der Waals surface area contributed by atoms with E-state index in [0.717, 1.165) is 19.3 Å². The molecule has 112 valence electrons. The molecule has 20 heavy (non-hydrogen) atoms. The Balaban J connectivity index is 0.000000367. The van der Waals surface area contributed by atoms with Crippen LogP contribution in [-0.4, -0.2) is 16.8 Å². The summed E-state index contributed by atoms with van der Waals surface area (Å²) in [6.07, 6.45) is 6.94. The third-order valence-electron chi connectivity index (χ3n) is 2.97. The molecule has 1 rings (SSSR count). The highest BCUT2D eigenvalue weighted by Crippen LogP contribution is 2.12. The van der Waals surface area contributed by atoms with E-state index in [1.807, 2.05) is 6.92 Å². The minimum atomic E-state index is -0.490. The maximum Gasteiger partial charge on any atom is 0.267 e. The number of carbonyl (C=O) groups is 2. The molecule has 2 amide bonds. The van der Waals surface area contributed by atoms with Gasteiger partial charge in [-0.25, -0.2) is 0 Å². The zero-order chi connectivity index (χ0) is 15.4. The molecule has 0 bridgehead atoms. The molecule has 1 aromatic rings. The van der Waals surface area contributed by atoms with E-state index < -0.39 is 5.91 Å². The van der Waals surface area contributed by atoms with Crippen molar-refractivity contribution in [2.45, 2.75) is 46.0 Å². The summed E-state index contributed by atoms with van der Waals surface area (Å²) in [5, 5.41) is 0. The molecule has 1 unspecified atom stereocenters. The van der Waals surface area contributed by atoms with Gasteiger partial charge in [-0.05, 0) is 25.0 Å². The Bertz CT molecular complexity index is 393. The molecule has 0 aliphatic heterocycles. The predicted molar refractivity (Wildman–Crippen MR) is 79.9 cm³/mol. The van der Waals surface area contributed by atoms with E-state index in [0.29, 0.717) is 5.69 Å². The lowest BCUT2D eigenvalue weighted by molar-refractivity contribution is -0.122. The number of hydrogen-bond donors (Lipinski definition) is 2. The smallest absolute Gasteiger partial charge is 0.267 e. The van der Waals surface area contributed by atoms with Crippen LogP contribution in [0.3, 0.4) is 0 Å². The predicted octanol–water partition coefficient (Wildman–Crippen LogP) is 2.26. The number of nitrogens with two attached hydrogens (primary N) is 2. The van der Waals surface area contributed by atoms with Gasteiger partial charge in [-0.3, -0.25) is 14.6 Å². The van der Waals surface area contributed by atoms with Gasteiger partial charge in [0.05, 0.1) is 0 Å². The standard InChI is InChI=1S/C9H19NO.C6H6N2O/c1-3-5-6-7-8(4-2)9(10)11;7-6(9)5-3-1-2-4-8-5/h8H,3-7H2,1-2H3,(H2,10,11);1-4H,(H2,7,9). The van der Waals surface area contributed by atoms with E-state index in [9.17, 15) is 9.59 Å². The molecule has 0 saturated heterocycles. The van der Waals surface area contributed by atoms with Crippen LogP contribution in [0.2, 0.25) is 0 Å². The topological polar surface area (TPSA) is 99.1 Å². The molecule has 4 N–H and O–H groups in total. The SMILES string of the molecule is CCCCCC(CC)C(N)=O.NC(=O)c1ccccn1. The Morgan fingerprint density at radius 2 is 1.90 bits per heavy atom. The van der Waals surface area contributed by atoms with Crippen molar-refractivity contribution in [2.24, 2.45) is 17.4 Å². The molecule has 0 fully saturated rings. The summed E-state index contributed by atoms with van der Waals surface area (Å²) >= 11 is 0. The maximum atomic E-state index is 10.7. The summed E-state index contributed by atoms with van der Waals surface area (Å²) in [6.45, 7) is 4.17. The number of nitrogens with zero attached hydrogens (tertiary/aromatic N) is 1. The van der Waals surface area contributed by atoms with Crippen LogP contribution in [0.1, 0.15) is 56.4 Å². The third kappa shape index (κ3) is 8.24. The zero-order valence-corrected chi connectivity index (χ0v) is 12.3. The first kappa shape index (κ1) is 18.1. The van der Waals surface area contributed by atoms with Crippen LogP contribution in [0, 0.1) is 5.92 Å². The van der Waals surface area contributed by atoms with Crippen LogP contribution < -0.4 is 11.5 Å². The van der Waals surface area contributed by atoms with Crippen molar-refractivity contribution in [3.05, 3.63) is 30.1 Å². The summed E-state index contributed by atoms with van der Waals surface area (Å²) in [6, 6.07) is 5.02. The highest BCUT2D eigenvalue weighted by molar-refractivity contribution is 5.90. The van der Waals surface area contributed by atoms with Gasteiger partial charge in [-0.1, -0.05) is 39.2 Å². The number of unbranched alkanes of at least 4 members (excludes halogenated alkanes) is 2. The molecule has 0 aliphatic carbocycles. The lowest BCUT2D eigenvalue weighted by atomic mass is 9.98. The monoisotopic (exact) mass is 279 g/mol. The average molecular weight is 279 g/mol. The molecule has 1 aromatic heterocycles. The van der Waals surface area contributed by atoms with Gasteiger partial charge in [0.25, 0.3) is 5.91 Å². The average Bonchev–Trinajstić information content (AvgIpc) is 2.45. The molecular formula is C15H25N3O2. The van der Waals surface area contributed by atoms with E-state index in [4.69, 9.17) is 11.5 Å². The van der Waals surface area contributed by atoms with Crippen molar-refractivity contribution in [2.75, 3.05) is 0 Å². The lowest BCUT2D eigenvalue weighted by Crippen LogP contribution is -2.22. The molecule has 1 atom stereocenters. The Morgan fingerprint density at radius 1 is 1.20 bits per heavy atom. The highest BCUT2D eigenvalue weighted by Gasteiger charge is 2.10. The quantitative estimate of drug-likeness (QED) is 0.749. The summed E-state index contributed by atoms with van der Waals surface area (Å²) in [4.78, 5) is 24.8.